The summed E-state index contributed by atoms with van der Waals surface area (Å²) in [6, 6.07) is 15.0. The number of hydrogen-bond acceptors (Lipinski definition) is 4. The first kappa shape index (κ1) is 13.3. The van der Waals surface area contributed by atoms with Crippen LogP contribution in [-0.2, 0) is 0 Å². The standard InChI is InChI=1S/C16H10ClN3OS/c17-9-5-7-10(8-6-9)18-16-20-13-11-3-1-2-4-12(11)19-14(13)15(21)22-16/h1-8,19H,(H,18,20). The third-order valence-electron chi connectivity index (χ3n) is 3.38. The molecule has 2 heterocycles. The number of halogens is 1. The lowest BCUT2D eigenvalue weighted by Crippen LogP contribution is -2.00. The molecule has 6 heteroatoms. The van der Waals surface area contributed by atoms with Crippen LogP contribution in [0.1, 0.15) is 0 Å². The molecule has 0 aliphatic heterocycles. The van der Waals surface area contributed by atoms with Crippen molar-refractivity contribution in [2.75, 3.05) is 5.32 Å². The molecule has 0 unspecified atom stereocenters. The molecule has 22 heavy (non-hydrogen) atoms. The zero-order valence-electron chi connectivity index (χ0n) is 11.3. The lowest BCUT2D eigenvalue weighted by molar-refractivity contribution is 1.43. The van der Waals surface area contributed by atoms with Gasteiger partial charge in [-0.05, 0) is 30.3 Å². The number of nitrogens with zero attached hydrogens (tertiary/aromatic N) is 1. The second-order valence-electron chi connectivity index (χ2n) is 4.83. The Kier molecular flexibility index (Phi) is 3.10. The molecular weight excluding hydrogens is 318 g/mol. The summed E-state index contributed by atoms with van der Waals surface area (Å²) in [5.41, 5.74) is 2.99. The molecule has 2 aromatic carbocycles. The summed E-state index contributed by atoms with van der Waals surface area (Å²) in [5, 5.41) is 5.32. The summed E-state index contributed by atoms with van der Waals surface area (Å²) in [5.74, 6) is 0. The van der Waals surface area contributed by atoms with E-state index >= 15 is 0 Å². The number of H-pyrrole nitrogens is 1. The van der Waals surface area contributed by atoms with Gasteiger partial charge in [0.1, 0.15) is 11.0 Å². The van der Waals surface area contributed by atoms with E-state index in [2.05, 4.69) is 15.3 Å². The molecule has 108 valence electrons. The van der Waals surface area contributed by atoms with E-state index in [-0.39, 0.29) is 4.74 Å². The van der Waals surface area contributed by atoms with Crippen LogP contribution in [0, 0.1) is 0 Å². The number of aromatic nitrogens is 2. The number of benzene rings is 2. The van der Waals surface area contributed by atoms with Crippen molar-refractivity contribution >= 4 is 55.7 Å². The predicted octanol–water partition coefficient (Wildman–Crippen LogP) is 4.53. The van der Waals surface area contributed by atoms with Crippen LogP contribution in [0.15, 0.2) is 53.3 Å². The van der Waals surface area contributed by atoms with Crippen molar-refractivity contribution in [2.24, 2.45) is 0 Å². The van der Waals surface area contributed by atoms with Gasteiger partial charge in [0.2, 0.25) is 0 Å². The average Bonchev–Trinajstić information content (AvgIpc) is 2.89. The van der Waals surface area contributed by atoms with E-state index in [4.69, 9.17) is 11.6 Å². The number of nitrogens with one attached hydrogen (secondary N) is 2. The highest BCUT2D eigenvalue weighted by Gasteiger charge is 2.11. The molecule has 0 aliphatic rings. The Labute approximate surface area is 134 Å². The molecular formula is C16H10ClN3OS. The number of anilines is 2. The summed E-state index contributed by atoms with van der Waals surface area (Å²) in [7, 11) is 0. The van der Waals surface area contributed by atoms with Gasteiger partial charge in [0, 0.05) is 21.6 Å². The van der Waals surface area contributed by atoms with Gasteiger partial charge in [-0.1, -0.05) is 41.1 Å². The van der Waals surface area contributed by atoms with Gasteiger partial charge >= 0.3 is 0 Å². The molecule has 4 aromatic rings. The summed E-state index contributed by atoms with van der Waals surface area (Å²) in [6.45, 7) is 0. The molecule has 0 atom stereocenters. The Bertz CT molecular complexity index is 1040. The molecule has 0 spiro atoms. The Hall–Kier alpha value is -2.37. The fraction of sp³-hybridized carbons (Fsp3) is 0. The normalized spacial score (nSPS) is 11.1. The third-order valence-corrected chi connectivity index (χ3v) is 4.41. The zero-order chi connectivity index (χ0) is 15.1. The van der Waals surface area contributed by atoms with Gasteiger partial charge in [-0.2, -0.15) is 0 Å². The lowest BCUT2D eigenvalue weighted by atomic mass is 10.2. The fourth-order valence-corrected chi connectivity index (χ4v) is 3.22. The van der Waals surface area contributed by atoms with E-state index in [1.165, 1.54) is 0 Å². The van der Waals surface area contributed by atoms with Gasteiger partial charge in [-0.3, -0.25) is 4.79 Å². The van der Waals surface area contributed by atoms with E-state index in [1.54, 1.807) is 12.1 Å². The number of para-hydroxylation sites is 1. The summed E-state index contributed by atoms with van der Waals surface area (Å²) in [6.07, 6.45) is 0. The van der Waals surface area contributed by atoms with Crippen LogP contribution in [-0.4, -0.2) is 9.97 Å². The highest BCUT2D eigenvalue weighted by Crippen LogP contribution is 2.26. The minimum atomic E-state index is -0.0438. The molecule has 2 N–H and O–H groups in total. The second kappa shape index (κ2) is 5.12. The first-order valence-corrected chi connectivity index (χ1v) is 7.84. The minimum Gasteiger partial charge on any atom is -0.349 e. The molecule has 0 aliphatic carbocycles. The van der Waals surface area contributed by atoms with Crippen LogP contribution in [0.2, 0.25) is 5.02 Å². The van der Waals surface area contributed by atoms with Crippen LogP contribution in [0.25, 0.3) is 21.9 Å². The zero-order valence-corrected chi connectivity index (χ0v) is 12.8. The number of aromatic amines is 1. The third kappa shape index (κ3) is 2.24. The fourth-order valence-electron chi connectivity index (χ4n) is 2.36. The van der Waals surface area contributed by atoms with Gasteiger partial charge in [0.25, 0.3) is 4.74 Å². The monoisotopic (exact) mass is 327 g/mol. The summed E-state index contributed by atoms with van der Waals surface area (Å²) >= 11 is 6.95. The SMILES string of the molecule is O=c1sc(Nc2ccc(Cl)cc2)nc2c1[nH]c1ccccc12. The quantitative estimate of drug-likeness (QED) is 0.568. The van der Waals surface area contributed by atoms with Crippen molar-refractivity contribution < 1.29 is 0 Å². The minimum absolute atomic E-state index is 0.0438. The smallest absolute Gasteiger partial charge is 0.261 e. The van der Waals surface area contributed by atoms with Crippen molar-refractivity contribution in [3.63, 3.8) is 0 Å². The van der Waals surface area contributed by atoms with Gasteiger partial charge < -0.3 is 10.3 Å². The summed E-state index contributed by atoms with van der Waals surface area (Å²) < 4.78 is -0.0438. The maximum atomic E-state index is 12.3. The Morgan fingerprint density at radius 2 is 1.86 bits per heavy atom. The molecule has 0 saturated heterocycles. The van der Waals surface area contributed by atoms with Crippen molar-refractivity contribution in [3.8, 4) is 0 Å². The van der Waals surface area contributed by atoms with E-state index in [1.807, 2.05) is 36.4 Å². The number of hydrogen-bond donors (Lipinski definition) is 2. The first-order chi connectivity index (χ1) is 10.7. The second-order valence-corrected chi connectivity index (χ2v) is 6.23. The molecule has 0 bridgehead atoms. The largest absolute Gasteiger partial charge is 0.349 e. The Balaban J connectivity index is 1.86. The molecule has 4 nitrogen and oxygen atoms in total. The molecule has 0 amide bonds. The first-order valence-electron chi connectivity index (χ1n) is 6.65. The number of fused-ring (bicyclic) bond motifs is 3. The number of rotatable bonds is 2. The Morgan fingerprint density at radius 3 is 2.68 bits per heavy atom. The molecule has 4 rings (SSSR count). The summed E-state index contributed by atoms with van der Waals surface area (Å²) in [4.78, 5) is 20.0. The molecule has 0 saturated carbocycles. The van der Waals surface area contributed by atoms with Crippen molar-refractivity contribution in [2.45, 2.75) is 0 Å². The van der Waals surface area contributed by atoms with Crippen LogP contribution in [0.5, 0.6) is 0 Å². The van der Waals surface area contributed by atoms with E-state index in [9.17, 15) is 4.79 Å². The van der Waals surface area contributed by atoms with Crippen LogP contribution < -0.4 is 10.1 Å². The van der Waals surface area contributed by atoms with Crippen LogP contribution in [0.3, 0.4) is 0 Å². The molecule has 2 aromatic heterocycles. The van der Waals surface area contributed by atoms with Crippen molar-refractivity contribution in [3.05, 3.63) is 63.1 Å². The average molecular weight is 328 g/mol. The predicted molar refractivity (Wildman–Crippen MR) is 92.5 cm³/mol. The van der Waals surface area contributed by atoms with Gasteiger partial charge in [0.15, 0.2) is 5.13 Å². The van der Waals surface area contributed by atoms with Gasteiger partial charge in [-0.15, -0.1) is 0 Å². The van der Waals surface area contributed by atoms with Gasteiger partial charge in [-0.25, -0.2) is 4.98 Å². The van der Waals surface area contributed by atoms with E-state index in [0.717, 1.165) is 27.9 Å². The maximum absolute atomic E-state index is 12.3. The lowest BCUT2D eigenvalue weighted by Gasteiger charge is -2.04. The van der Waals surface area contributed by atoms with E-state index in [0.29, 0.717) is 21.2 Å². The highest BCUT2D eigenvalue weighted by molar-refractivity contribution is 7.13. The molecule has 0 fully saturated rings. The maximum Gasteiger partial charge on any atom is 0.261 e. The topological polar surface area (TPSA) is 57.8 Å². The Morgan fingerprint density at radius 1 is 1.09 bits per heavy atom. The molecule has 0 radical (unpaired) electrons. The van der Waals surface area contributed by atoms with E-state index < -0.39 is 0 Å². The van der Waals surface area contributed by atoms with Crippen LogP contribution in [0.4, 0.5) is 10.8 Å². The van der Waals surface area contributed by atoms with Gasteiger partial charge in [0.05, 0.1) is 0 Å². The van der Waals surface area contributed by atoms with Crippen LogP contribution >= 0.6 is 22.9 Å². The van der Waals surface area contributed by atoms with Crippen molar-refractivity contribution in [1.29, 1.82) is 0 Å². The van der Waals surface area contributed by atoms with Crippen molar-refractivity contribution in [1.82, 2.24) is 9.97 Å². The highest BCUT2D eigenvalue weighted by atomic mass is 35.5.